The average Bonchev–Trinajstić information content (AvgIpc) is 3.03. The Kier molecular flexibility index (Phi) is 12.2. The zero-order chi connectivity index (χ0) is 32.6. The molecule has 2 amide bonds. The van der Waals surface area contributed by atoms with E-state index in [0.29, 0.717) is 28.6 Å². The number of carbonyl (C=O) groups is 2. The highest BCUT2D eigenvalue weighted by Gasteiger charge is 2.35. The Balaban J connectivity index is 1.84. The fourth-order valence-corrected chi connectivity index (χ4v) is 7.01. The molecule has 0 fully saturated rings. The van der Waals surface area contributed by atoms with Gasteiger partial charge in [0.25, 0.3) is 10.0 Å². The first-order chi connectivity index (χ1) is 21.5. The molecule has 7 nitrogen and oxygen atoms in total. The standard InChI is InChI=1S/C33H31Cl4N3O4S/c1-2-17-38-33(42)31(18-23-9-5-3-6-10-23)39(21-24-13-14-25(34)19-29(24)37)32(41)22-40(30-20-26(35)15-16-28(30)36)45(43,44)27-11-7-4-8-12-27/h3-16,19-20,31H,2,17-18,21-22H2,1H3,(H,38,42). The van der Waals surface area contributed by atoms with Crippen LogP contribution in [0, 0.1) is 0 Å². The van der Waals surface area contributed by atoms with Crippen LogP contribution in [0.4, 0.5) is 5.69 Å². The lowest BCUT2D eigenvalue weighted by molar-refractivity contribution is -0.140. The van der Waals surface area contributed by atoms with Crippen molar-refractivity contribution >= 4 is 73.9 Å². The monoisotopic (exact) mass is 705 g/mol. The van der Waals surface area contributed by atoms with Crippen LogP contribution in [0.1, 0.15) is 24.5 Å². The summed E-state index contributed by atoms with van der Waals surface area (Å²) in [5.74, 6) is -1.05. The highest BCUT2D eigenvalue weighted by Crippen LogP contribution is 2.33. The molecular formula is C33H31Cl4N3O4S. The number of hydrogen-bond acceptors (Lipinski definition) is 4. The van der Waals surface area contributed by atoms with Crippen molar-refractivity contribution in [1.29, 1.82) is 0 Å². The zero-order valence-corrected chi connectivity index (χ0v) is 28.1. The predicted octanol–water partition coefficient (Wildman–Crippen LogP) is 7.66. The SMILES string of the molecule is CCCNC(=O)C(Cc1ccccc1)N(Cc1ccc(Cl)cc1Cl)C(=O)CN(c1cc(Cl)ccc1Cl)S(=O)(=O)c1ccccc1. The number of amides is 2. The van der Waals surface area contributed by atoms with Gasteiger partial charge in [0.05, 0.1) is 15.6 Å². The third-order valence-electron chi connectivity index (χ3n) is 6.96. The minimum absolute atomic E-state index is 0.0147. The molecule has 0 spiro atoms. The van der Waals surface area contributed by atoms with Crippen LogP contribution in [0.2, 0.25) is 20.1 Å². The second-order valence-electron chi connectivity index (χ2n) is 10.2. The van der Waals surface area contributed by atoms with Gasteiger partial charge < -0.3 is 10.2 Å². The smallest absolute Gasteiger partial charge is 0.264 e. The molecule has 236 valence electrons. The van der Waals surface area contributed by atoms with Crippen molar-refractivity contribution in [2.75, 3.05) is 17.4 Å². The molecule has 12 heteroatoms. The Morgan fingerprint density at radius 3 is 2.07 bits per heavy atom. The zero-order valence-electron chi connectivity index (χ0n) is 24.3. The van der Waals surface area contributed by atoms with Gasteiger partial charge in [0, 0.05) is 34.6 Å². The summed E-state index contributed by atoms with van der Waals surface area (Å²) in [4.78, 5) is 29.5. The molecule has 0 radical (unpaired) electrons. The van der Waals surface area contributed by atoms with Crippen LogP contribution in [0.5, 0.6) is 0 Å². The number of hydrogen-bond donors (Lipinski definition) is 1. The molecule has 0 aliphatic heterocycles. The van der Waals surface area contributed by atoms with Crippen molar-refractivity contribution in [3.63, 3.8) is 0 Å². The molecule has 0 bridgehead atoms. The van der Waals surface area contributed by atoms with E-state index in [2.05, 4.69) is 5.32 Å². The molecule has 1 N–H and O–H groups in total. The highest BCUT2D eigenvalue weighted by atomic mass is 35.5. The number of nitrogens with one attached hydrogen (secondary N) is 1. The number of anilines is 1. The van der Waals surface area contributed by atoms with Crippen molar-refractivity contribution in [1.82, 2.24) is 10.2 Å². The van der Waals surface area contributed by atoms with Gasteiger partial charge in [-0.3, -0.25) is 13.9 Å². The van der Waals surface area contributed by atoms with E-state index in [4.69, 9.17) is 46.4 Å². The molecule has 4 rings (SSSR count). The average molecular weight is 708 g/mol. The van der Waals surface area contributed by atoms with Crippen molar-refractivity contribution < 1.29 is 18.0 Å². The predicted molar refractivity (Wildman–Crippen MR) is 182 cm³/mol. The second kappa shape index (κ2) is 15.8. The molecular weight excluding hydrogens is 676 g/mol. The normalized spacial score (nSPS) is 11.9. The summed E-state index contributed by atoms with van der Waals surface area (Å²) in [6.07, 6.45) is 0.841. The van der Waals surface area contributed by atoms with Crippen molar-refractivity contribution in [2.45, 2.75) is 37.2 Å². The molecule has 0 heterocycles. The van der Waals surface area contributed by atoms with Crippen LogP contribution < -0.4 is 9.62 Å². The maximum Gasteiger partial charge on any atom is 0.264 e. The third-order valence-corrected chi connectivity index (χ3v) is 9.88. The lowest BCUT2D eigenvalue weighted by Crippen LogP contribution is -2.53. The largest absolute Gasteiger partial charge is 0.354 e. The van der Waals surface area contributed by atoms with Gasteiger partial charge in [0.1, 0.15) is 12.6 Å². The summed E-state index contributed by atoms with van der Waals surface area (Å²) in [7, 11) is -4.33. The van der Waals surface area contributed by atoms with Gasteiger partial charge >= 0.3 is 0 Å². The molecule has 4 aromatic carbocycles. The number of benzene rings is 4. The summed E-state index contributed by atoms with van der Waals surface area (Å²) in [5, 5.41) is 3.88. The topological polar surface area (TPSA) is 86.8 Å². The van der Waals surface area contributed by atoms with Gasteiger partial charge in [-0.25, -0.2) is 8.42 Å². The summed E-state index contributed by atoms with van der Waals surface area (Å²) in [5.41, 5.74) is 1.34. The number of halogens is 4. The molecule has 0 saturated heterocycles. The minimum atomic E-state index is -4.33. The lowest BCUT2D eigenvalue weighted by Gasteiger charge is -2.34. The van der Waals surface area contributed by atoms with Gasteiger partial charge in [-0.15, -0.1) is 0 Å². The third kappa shape index (κ3) is 8.93. The van der Waals surface area contributed by atoms with Gasteiger partial charge in [0.2, 0.25) is 11.8 Å². The molecule has 0 aliphatic carbocycles. The Labute approximate surface area is 283 Å². The number of carbonyl (C=O) groups excluding carboxylic acids is 2. The van der Waals surface area contributed by atoms with E-state index in [-0.39, 0.29) is 33.6 Å². The first-order valence-electron chi connectivity index (χ1n) is 14.1. The number of sulfonamides is 1. The first kappa shape index (κ1) is 34.6. The Morgan fingerprint density at radius 1 is 0.800 bits per heavy atom. The second-order valence-corrected chi connectivity index (χ2v) is 13.7. The van der Waals surface area contributed by atoms with Gasteiger partial charge in [0.15, 0.2) is 0 Å². The van der Waals surface area contributed by atoms with Crippen LogP contribution >= 0.6 is 46.4 Å². The molecule has 4 aromatic rings. The summed E-state index contributed by atoms with van der Waals surface area (Å²) in [6, 6.07) is 25.1. The van der Waals surface area contributed by atoms with Crippen LogP contribution in [0.3, 0.4) is 0 Å². The molecule has 1 unspecified atom stereocenters. The van der Waals surface area contributed by atoms with Crippen LogP contribution in [-0.2, 0) is 32.6 Å². The van der Waals surface area contributed by atoms with Gasteiger partial charge in [-0.05, 0) is 60.0 Å². The molecule has 0 saturated carbocycles. The van der Waals surface area contributed by atoms with E-state index in [1.807, 2.05) is 37.3 Å². The summed E-state index contributed by atoms with van der Waals surface area (Å²) < 4.78 is 29.1. The van der Waals surface area contributed by atoms with Crippen molar-refractivity contribution in [3.8, 4) is 0 Å². The van der Waals surface area contributed by atoms with E-state index in [0.717, 1.165) is 9.87 Å². The maximum absolute atomic E-state index is 14.5. The Bertz CT molecular complexity index is 1740. The quantitative estimate of drug-likeness (QED) is 0.155. The Morgan fingerprint density at radius 2 is 1.42 bits per heavy atom. The highest BCUT2D eigenvalue weighted by molar-refractivity contribution is 7.92. The molecule has 1 atom stereocenters. The fraction of sp³-hybridized carbons (Fsp3) is 0.212. The first-order valence-corrected chi connectivity index (χ1v) is 17.0. The van der Waals surface area contributed by atoms with Gasteiger partial charge in [-0.1, -0.05) is 108 Å². The number of rotatable bonds is 13. The number of nitrogens with zero attached hydrogens (tertiary/aromatic N) is 2. The summed E-state index contributed by atoms with van der Waals surface area (Å²) >= 11 is 25.5. The van der Waals surface area contributed by atoms with E-state index in [1.54, 1.807) is 36.4 Å². The van der Waals surface area contributed by atoms with E-state index < -0.39 is 34.4 Å². The molecule has 0 aromatic heterocycles. The van der Waals surface area contributed by atoms with Crippen LogP contribution in [0.25, 0.3) is 0 Å². The molecule has 45 heavy (non-hydrogen) atoms. The van der Waals surface area contributed by atoms with E-state index in [1.165, 1.54) is 35.2 Å². The lowest BCUT2D eigenvalue weighted by atomic mass is 10.0. The van der Waals surface area contributed by atoms with E-state index >= 15 is 0 Å². The van der Waals surface area contributed by atoms with Gasteiger partial charge in [-0.2, -0.15) is 0 Å². The Hall–Kier alpha value is -3.27. The maximum atomic E-state index is 14.5. The van der Waals surface area contributed by atoms with Crippen molar-refractivity contribution in [3.05, 3.63) is 128 Å². The minimum Gasteiger partial charge on any atom is -0.354 e. The van der Waals surface area contributed by atoms with Crippen LogP contribution in [-0.4, -0.2) is 44.3 Å². The van der Waals surface area contributed by atoms with Crippen LogP contribution in [0.15, 0.2) is 102 Å². The van der Waals surface area contributed by atoms with Crippen molar-refractivity contribution in [2.24, 2.45) is 0 Å². The summed E-state index contributed by atoms with van der Waals surface area (Å²) in [6.45, 7) is 1.52. The molecule has 0 aliphatic rings. The van der Waals surface area contributed by atoms with E-state index in [9.17, 15) is 18.0 Å². The fourth-order valence-electron chi connectivity index (χ4n) is 4.66.